The van der Waals surface area contributed by atoms with Gasteiger partial charge in [0.2, 0.25) is 11.8 Å². The summed E-state index contributed by atoms with van der Waals surface area (Å²) in [6.45, 7) is 1.47. The van der Waals surface area contributed by atoms with Gasteiger partial charge in [0.1, 0.15) is 5.01 Å². The van der Waals surface area contributed by atoms with Crippen molar-refractivity contribution >= 4 is 68.2 Å². The fourth-order valence-electron chi connectivity index (χ4n) is 2.65. The molecule has 3 aromatic heterocycles. The Morgan fingerprint density at radius 2 is 1.80 bits per heavy atom. The molecule has 0 fully saturated rings. The van der Waals surface area contributed by atoms with Crippen molar-refractivity contribution in [3.8, 4) is 21.1 Å². The smallest absolute Gasteiger partial charge is 0.232 e. The van der Waals surface area contributed by atoms with Crippen LogP contribution in [0.3, 0.4) is 0 Å². The van der Waals surface area contributed by atoms with Crippen molar-refractivity contribution in [2.45, 2.75) is 13.3 Å². The Bertz CT molecular complexity index is 1200. The number of rotatable bonds is 6. The van der Waals surface area contributed by atoms with Crippen LogP contribution in [0, 0.1) is 0 Å². The van der Waals surface area contributed by atoms with Gasteiger partial charge in [0.05, 0.1) is 27.0 Å². The van der Waals surface area contributed by atoms with Gasteiger partial charge < -0.3 is 10.6 Å². The maximum atomic E-state index is 12.4. The molecule has 0 bridgehead atoms. The molecule has 0 atom stereocenters. The van der Waals surface area contributed by atoms with Crippen molar-refractivity contribution in [1.29, 1.82) is 0 Å². The summed E-state index contributed by atoms with van der Waals surface area (Å²) in [6, 6.07) is 11.1. The average molecular weight is 475 g/mol. The minimum Gasteiger partial charge on any atom is -0.326 e. The quantitative estimate of drug-likeness (QED) is 0.370. The van der Waals surface area contributed by atoms with Gasteiger partial charge in [-0.1, -0.05) is 23.7 Å². The van der Waals surface area contributed by atoms with Gasteiger partial charge in [-0.25, -0.2) is 9.97 Å². The van der Waals surface area contributed by atoms with Crippen LogP contribution in [-0.4, -0.2) is 21.8 Å². The predicted octanol–water partition coefficient (Wildman–Crippen LogP) is 5.79. The van der Waals surface area contributed by atoms with Gasteiger partial charge >= 0.3 is 0 Å². The molecule has 1 aromatic carbocycles. The molecule has 0 saturated carbocycles. The molecule has 0 aliphatic carbocycles. The molecule has 30 heavy (non-hydrogen) atoms. The van der Waals surface area contributed by atoms with Crippen molar-refractivity contribution in [3.05, 3.63) is 57.2 Å². The zero-order chi connectivity index (χ0) is 21.1. The Balaban J connectivity index is 1.37. The lowest BCUT2D eigenvalue weighted by Crippen LogP contribution is -2.14. The van der Waals surface area contributed by atoms with Gasteiger partial charge in [-0.3, -0.25) is 9.59 Å². The molecule has 0 saturated heterocycles. The van der Waals surface area contributed by atoms with E-state index < -0.39 is 0 Å². The molecule has 2 amide bonds. The molecular formula is C20H15ClN4O2S3. The molecule has 4 rings (SSSR count). The Hall–Kier alpha value is -2.59. The molecule has 10 heteroatoms. The Labute approximate surface area is 189 Å². The van der Waals surface area contributed by atoms with Crippen molar-refractivity contribution in [2.24, 2.45) is 0 Å². The van der Waals surface area contributed by atoms with Gasteiger partial charge in [0.15, 0.2) is 5.13 Å². The first-order valence-corrected chi connectivity index (χ1v) is 11.7. The van der Waals surface area contributed by atoms with Gasteiger partial charge in [0, 0.05) is 28.9 Å². The molecule has 0 radical (unpaired) electrons. The number of carbonyl (C=O) groups is 2. The fraction of sp³-hybridized carbons (Fsp3) is 0.100. The van der Waals surface area contributed by atoms with E-state index in [0.717, 1.165) is 26.8 Å². The highest BCUT2D eigenvalue weighted by atomic mass is 35.5. The number of nitrogens with one attached hydrogen (secondary N) is 2. The summed E-state index contributed by atoms with van der Waals surface area (Å²) in [5, 5.41) is 10.7. The maximum absolute atomic E-state index is 12.4. The topological polar surface area (TPSA) is 84.0 Å². The zero-order valence-electron chi connectivity index (χ0n) is 15.6. The number of thiazole rings is 2. The first-order chi connectivity index (χ1) is 14.5. The molecule has 3 heterocycles. The molecule has 0 spiro atoms. The minimum atomic E-state index is -0.169. The summed E-state index contributed by atoms with van der Waals surface area (Å²) < 4.78 is 0.712. The van der Waals surface area contributed by atoms with Crippen LogP contribution in [0.15, 0.2) is 47.2 Å². The highest BCUT2D eigenvalue weighted by Gasteiger charge is 2.13. The van der Waals surface area contributed by atoms with Crippen LogP contribution in [0.1, 0.15) is 12.6 Å². The van der Waals surface area contributed by atoms with E-state index in [4.69, 9.17) is 11.6 Å². The molecule has 4 aromatic rings. The second-order valence-corrected chi connectivity index (χ2v) is 9.70. The molecule has 2 N–H and O–H groups in total. The summed E-state index contributed by atoms with van der Waals surface area (Å²) in [5.41, 5.74) is 3.10. The van der Waals surface area contributed by atoms with E-state index in [1.807, 2.05) is 47.2 Å². The number of carbonyl (C=O) groups excluding carboxylic acids is 2. The van der Waals surface area contributed by atoms with E-state index in [9.17, 15) is 9.59 Å². The van der Waals surface area contributed by atoms with Crippen LogP contribution >= 0.6 is 45.6 Å². The molecule has 6 nitrogen and oxygen atoms in total. The number of benzene rings is 1. The number of anilines is 2. The third-order valence-corrected chi connectivity index (χ3v) is 6.98. The van der Waals surface area contributed by atoms with Gasteiger partial charge in [0.25, 0.3) is 0 Å². The van der Waals surface area contributed by atoms with Crippen molar-refractivity contribution in [2.75, 3.05) is 10.6 Å². The lowest BCUT2D eigenvalue weighted by molar-refractivity contribution is -0.116. The van der Waals surface area contributed by atoms with E-state index in [2.05, 4.69) is 20.6 Å². The maximum Gasteiger partial charge on any atom is 0.232 e. The van der Waals surface area contributed by atoms with E-state index in [-0.39, 0.29) is 18.2 Å². The van der Waals surface area contributed by atoms with Crippen LogP contribution in [0.2, 0.25) is 4.34 Å². The van der Waals surface area contributed by atoms with E-state index >= 15 is 0 Å². The van der Waals surface area contributed by atoms with E-state index in [0.29, 0.717) is 15.2 Å². The molecule has 0 unspecified atom stereocenters. The molecular weight excluding hydrogens is 460 g/mol. The summed E-state index contributed by atoms with van der Waals surface area (Å²) in [4.78, 5) is 33.5. The van der Waals surface area contributed by atoms with Crippen LogP contribution in [-0.2, 0) is 16.0 Å². The van der Waals surface area contributed by atoms with Crippen LogP contribution < -0.4 is 10.6 Å². The second-order valence-electron chi connectivity index (χ2n) is 6.27. The standard InChI is InChI=1S/C20H15ClN4O2S3/c1-11(26)22-13-4-2-12(3-5-13)15-10-29-20(24-15)25-18(27)8-14-9-28-19(23-14)16-6-7-17(21)30-16/h2-7,9-10H,8H2,1H3,(H,22,26)(H,24,25,27). The Kier molecular flexibility index (Phi) is 6.24. The number of thiophene rings is 1. The number of halogens is 1. The summed E-state index contributed by atoms with van der Waals surface area (Å²) >= 11 is 10.3. The number of hydrogen-bond acceptors (Lipinski definition) is 7. The van der Waals surface area contributed by atoms with Crippen molar-refractivity contribution in [1.82, 2.24) is 9.97 Å². The summed E-state index contributed by atoms with van der Waals surface area (Å²) in [5.74, 6) is -0.286. The van der Waals surface area contributed by atoms with Gasteiger partial charge in [-0.2, -0.15) is 0 Å². The first kappa shape index (κ1) is 20.7. The van der Waals surface area contributed by atoms with Crippen LogP contribution in [0.4, 0.5) is 10.8 Å². The number of hydrogen-bond donors (Lipinski definition) is 2. The normalized spacial score (nSPS) is 10.7. The highest BCUT2D eigenvalue weighted by Crippen LogP contribution is 2.33. The van der Waals surface area contributed by atoms with Crippen molar-refractivity contribution < 1.29 is 9.59 Å². The van der Waals surface area contributed by atoms with Crippen LogP contribution in [0.25, 0.3) is 21.1 Å². The number of aromatic nitrogens is 2. The largest absolute Gasteiger partial charge is 0.326 e. The third kappa shape index (κ3) is 5.11. The van der Waals surface area contributed by atoms with Gasteiger partial charge in [-0.05, 0) is 24.3 Å². The Morgan fingerprint density at radius 3 is 2.50 bits per heavy atom. The predicted molar refractivity (Wildman–Crippen MR) is 125 cm³/mol. The van der Waals surface area contributed by atoms with Crippen molar-refractivity contribution in [3.63, 3.8) is 0 Å². The first-order valence-electron chi connectivity index (χ1n) is 8.80. The second kappa shape index (κ2) is 9.05. The minimum absolute atomic E-state index is 0.118. The average Bonchev–Trinajstić information content (AvgIpc) is 3.43. The SMILES string of the molecule is CC(=O)Nc1ccc(-c2csc(NC(=O)Cc3csc(-c4ccc(Cl)s4)n3)n2)cc1. The molecule has 0 aliphatic heterocycles. The number of amides is 2. The van der Waals surface area contributed by atoms with Gasteiger partial charge in [-0.15, -0.1) is 34.0 Å². The summed E-state index contributed by atoms with van der Waals surface area (Å²) in [7, 11) is 0. The van der Waals surface area contributed by atoms with Crippen LogP contribution in [0.5, 0.6) is 0 Å². The molecule has 0 aliphatic rings. The lowest BCUT2D eigenvalue weighted by atomic mass is 10.1. The zero-order valence-corrected chi connectivity index (χ0v) is 18.8. The van der Waals surface area contributed by atoms with E-state index in [1.165, 1.54) is 40.9 Å². The monoisotopic (exact) mass is 474 g/mol. The third-order valence-electron chi connectivity index (χ3n) is 3.93. The fourth-order valence-corrected chi connectivity index (χ4v) is 5.32. The molecule has 152 valence electrons. The summed E-state index contributed by atoms with van der Waals surface area (Å²) in [6.07, 6.45) is 0.177. The van der Waals surface area contributed by atoms with E-state index in [1.54, 1.807) is 0 Å². The lowest BCUT2D eigenvalue weighted by Gasteiger charge is -2.03. The Morgan fingerprint density at radius 1 is 1.00 bits per heavy atom. The highest BCUT2D eigenvalue weighted by molar-refractivity contribution is 7.23. The number of nitrogens with zero attached hydrogens (tertiary/aromatic N) is 2.